The van der Waals surface area contributed by atoms with Gasteiger partial charge in [0, 0.05) is 52.6 Å². The lowest BCUT2D eigenvalue weighted by Gasteiger charge is -2.35. The summed E-state index contributed by atoms with van der Waals surface area (Å²) in [5.74, 6) is 0.888. The van der Waals surface area contributed by atoms with Crippen molar-refractivity contribution in [3.63, 3.8) is 0 Å². The first kappa shape index (κ1) is 19.2. The number of amides is 1. The van der Waals surface area contributed by atoms with Gasteiger partial charge in [-0.25, -0.2) is 0 Å². The number of aliphatic imine (C=N–C) groups is 1. The van der Waals surface area contributed by atoms with Crippen LogP contribution in [0.3, 0.4) is 0 Å². The van der Waals surface area contributed by atoms with Crippen molar-refractivity contribution in [2.75, 3.05) is 50.8 Å². The Kier molecular flexibility index (Phi) is 7.72. The number of carbonyl (C=O) groups excluding carboxylic acids is 1. The van der Waals surface area contributed by atoms with Gasteiger partial charge in [0.15, 0.2) is 5.96 Å². The summed E-state index contributed by atoms with van der Waals surface area (Å²) in [7, 11) is 1.85. The molecule has 25 heavy (non-hydrogen) atoms. The number of nitrogens with one attached hydrogen (secondary N) is 1. The molecule has 1 aromatic rings. The third-order valence-electron chi connectivity index (χ3n) is 4.02. The maximum absolute atomic E-state index is 12.5. The van der Waals surface area contributed by atoms with Crippen LogP contribution in [0, 0.1) is 0 Å². The molecule has 1 aliphatic heterocycles. The molecule has 0 aliphatic carbocycles. The van der Waals surface area contributed by atoms with E-state index in [1.54, 1.807) is 15.8 Å². The number of hydrogen-bond donors (Lipinski definition) is 1. The molecule has 8 heteroatoms. The number of anilines is 1. The molecule has 1 saturated heterocycles. The van der Waals surface area contributed by atoms with Crippen molar-refractivity contribution in [1.82, 2.24) is 20.0 Å². The van der Waals surface area contributed by atoms with Crippen LogP contribution in [-0.4, -0.2) is 72.5 Å². The normalized spacial score (nSPS) is 15.8. The largest absolute Gasteiger partial charge is 0.382 e. The molecule has 1 amide bonds. The topological polar surface area (TPSA) is 75.0 Å². The lowest BCUT2D eigenvalue weighted by molar-refractivity contribution is -0.120. The number of aromatic nitrogens is 2. The van der Waals surface area contributed by atoms with Crippen molar-refractivity contribution < 1.29 is 9.53 Å². The number of unbranched alkanes of at least 4 members (excludes halogenated alkanes) is 1. The summed E-state index contributed by atoms with van der Waals surface area (Å²) in [6, 6.07) is 0. The van der Waals surface area contributed by atoms with E-state index < -0.39 is 0 Å². The Labute approximate surface area is 149 Å². The summed E-state index contributed by atoms with van der Waals surface area (Å²) in [6.07, 6.45) is 5.58. The Hall–Kier alpha value is -2.09. The van der Waals surface area contributed by atoms with Crippen molar-refractivity contribution in [2.45, 2.75) is 26.7 Å². The first-order valence-electron chi connectivity index (χ1n) is 9.05. The number of rotatable bonds is 8. The molecule has 2 heterocycles. The molecule has 0 aromatic carbocycles. The van der Waals surface area contributed by atoms with E-state index in [0.717, 1.165) is 57.3 Å². The monoisotopic (exact) mass is 350 g/mol. The lowest BCUT2D eigenvalue weighted by Crippen LogP contribution is -2.55. The average Bonchev–Trinajstić information content (AvgIpc) is 3.03. The number of hydrogen-bond acceptors (Lipinski definition) is 4. The van der Waals surface area contributed by atoms with Gasteiger partial charge in [0.2, 0.25) is 5.91 Å². The Morgan fingerprint density at radius 2 is 2.20 bits per heavy atom. The Morgan fingerprint density at radius 1 is 1.36 bits per heavy atom. The maximum Gasteiger partial charge on any atom is 0.246 e. The van der Waals surface area contributed by atoms with Gasteiger partial charge in [-0.3, -0.25) is 14.5 Å². The molecule has 8 nitrogen and oxygen atoms in total. The molecule has 0 unspecified atom stereocenters. The van der Waals surface area contributed by atoms with Crippen molar-refractivity contribution in [3.8, 4) is 0 Å². The van der Waals surface area contributed by atoms with Crippen LogP contribution in [0.5, 0.6) is 0 Å². The highest BCUT2D eigenvalue weighted by atomic mass is 16.5. The minimum Gasteiger partial charge on any atom is -0.382 e. The summed E-state index contributed by atoms with van der Waals surface area (Å²) in [5, 5.41) is 7.43. The number of carbonyl (C=O) groups is 1. The lowest BCUT2D eigenvalue weighted by atomic mass is 10.3. The molecule has 140 valence electrons. The molecule has 2 rings (SSSR count). The quantitative estimate of drug-likeness (QED) is 0.427. The fourth-order valence-electron chi connectivity index (χ4n) is 2.75. The predicted octanol–water partition coefficient (Wildman–Crippen LogP) is 0.851. The molecule has 1 fully saturated rings. The van der Waals surface area contributed by atoms with Gasteiger partial charge in [-0.2, -0.15) is 5.10 Å². The number of aryl methyl sites for hydroxylation is 1. The van der Waals surface area contributed by atoms with E-state index in [2.05, 4.69) is 15.4 Å². The molecule has 1 N–H and O–H groups in total. The van der Waals surface area contributed by atoms with Crippen LogP contribution in [0.1, 0.15) is 26.7 Å². The molecule has 0 spiro atoms. The van der Waals surface area contributed by atoms with Crippen LogP contribution < -0.4 is 10.2 Å². The number of guanidine groups is 1. The van der Waals surface area contributed by atoms with Crippen LogP contribution in [0.25, 0.3) is 0 Å². The highest BCUT2D eigenvalue weighted by Crippen LogP contribution is 2.16. The highest BCUT2D eigenvalue weighted by molar-refractivity contribution is 5.98. The molecule has 0 saturated carbocycles. The fraction of sp³-hybridized carbons (Fsp3) is 0.706. The van der Waals surface area contributed by atoms with E-state index in [0.29, 0.717) is 13.1 Å². The maximum atomic E-state index is 12.5. The second-order valence-electron chi connectivity index (χ2n) is 5.98. The second kappa shape index (κ2) is 10.0. The number of piperazine rings is 1. The van der Waals surface area contributed by atoms with E-state index in [9.17, 15) is 4.79 Å². The van der Waals surface area contributed by atoms with Gasteiger partial charge in [0.05, 0.1) is 11.9 Å². The zero-order valence-corrected chi connectivity index (χ0v) is 15.6. The zero-order valence-electron chi connectivity index (χ0n) is 15.6. The second-order valence-corrected chi connectivity index (χ2v) is 5.98. The fourth-order valence-corrected chi connectivity index (χ4v) is 2.75. The van der Waals surface area contributed by atoms with Crippen molar-refractivity contribution >= 4 is 17.6 Å². The third kappa shape index (κ3) is 5.74. The zero-order chi connectivity index (χ0) is 18.1. The van der Waals surface area contributed by atoms with Gasteiger partial charge >= 0.3 is 0 Å². The SMILES string of the molecule is CCNC(=NCCCCOCC)N1CCN(c2cnn(C)c2)C(=O)C1. The highest BCUT2D eigenvalue weighted by Gasteiger charge is 2.27. The van der Waals surface area contributed by atoms with E-state index >= 15 is 0 Å². The van der Waals surface area contributed by atoms with Crippen LogP contribution in [-0.2, 0) is 16.6 Å². The first-order chi connectivity index (χ1) is 12.2. The Morgan fingerprint density at radius 3 is 2.84 bits per heavy atom. The summed E-state index contributed by atoms with van der Waals surface area (Å²) in [5.41, 5.74) is 0.852. The minimum absolute atomic E-state index is 0.0706. The van der Waals surface area contributed by atoms with Crippen LogP contribution in [0.2, 0.25) is 0 Å². The molecule has 1 aliphatic rings. The standard InChI is InChI=1S/C17H30N6O2/c1-4-18-17(19-8-6-7-11-25-5-2)22-9-10-23(16(24)14-22)15-12-20-21(3)13-15/h12-13H,4-11,14H2,1-3H3,(H,18,19). The summed E-state index contributed by atoms with van der Waals surface area (Å²) in [6.45, 7) is 8.84. The van der Waals surface area contributed by atoms with Gasteiger partial charge in [0.1, 0.15) is 6.54 Å². The van der Waals surface area contributed by atoms with Crippen molar-refractivity contribution in [3.05, 3.63) is 12.4 Å². The van der Waals surface area contributed by atoms with Gasteiger partial charge in [0.25, 0.3) is 0 Å². The van der Waals surface area contributed by atoms with Gasteiger partial charge in [-0.15, -0.1) is 0 Å². The van der Waals surface area contributed by atoms with Gasteiger partial charge in [-0.05, 0) is 26.7 Å². The smallest absolute Gasteiger partial charge is 0.246 e. The Balaban J connectivity index is 1.88. The van der Waals surface area contributed by atoms with E-state index in [1.807, 2.05) is 32.0 Å². The molecular formula is C17H30N6O2. The molecule has 1 aromatic heterocycles. The van der Waals surface area contributed by atoms with Crippen molar-refractivity contribution in [1.29, 1.82) is 0 Å². The molecule has 0 radical (unpaired) electrons. The van der Waals surface area contributed by atoms with Crippen LogP contribution in [0.15, 0.2) is 17.4 Å². The molecule has 0 bridgehead atoms. The van der Waals surface area contributed by atoms with E-state index in [4.69, 9.17) is 4.74 Å². The summed E-state index contributed by atoms with van der Waals surface area (Å²) in [4.78, 5) is 21.0. The van der Waals surface area contributed by atoms with E-state index in [1.165, 1.54) is 0 Å². The first-order valence-corrected chi connectivity index (χ1v) is 9.05. The van der Waals surface area contributed by atoms with Crippen LogP contribution >= 0.6 is 0 Å². The minimum atomic E-state index is 0.0706. The average molecular weight is 350 g/mol. The predicted molar refractivity (Wildman–Crippen MR) is 98.8 cm³/mol. The van der Waals surface area contributed by atoms with Gasteiger partial charge < -0.3 is 19.9 Å². The third-order valence-corrected chi connectivity index (χ3v) is 4.02. The van der Waals surface area contributed by atoms with Crippen molar-refractivity contribution in [2.24, 2.45) is 12.0 Å². The summed E-state index contributed by atoms with van der Waals surface area (Å²) < 4.78 is 7.05. The van der Waals surface area contributed by atoms with Crippen LogP contribution in [0.4, 0.5) is 5.69 Å². The van der Waals surface area contributed by atoms with Gasteiger partial charge in [-0.1, -0.05) is 0 Å². The number of nitrogens with zero attached hydrogens (tertiary/aromatic N) is 5. The molecule has 0 atom stereocenters. The summed E-state index contributed by atoms with van der Waals surface area (Å²) >= 11 is 0. The Bertz CT molecular complexity index is 571. The number of ether oxygens (including phenoxy) is 1. The van der Waals surface area contributed by atoms with E-state index in [-0.39, 0.29) is 5.91 Å². The molecular weight excluding hydrogens is 320 g/mol.